The van der Waals surface area contributed by atoms with Crippen LogP contribution in [0.4, 0.5) is 0 Å². The van der Waals surface area contributed by atoms with E-state index in [9.17, 15) is 4.79 Å². The maximum atomic E-state index is 12.2. The predicted molar refractivity (Wildman–Crippen MR) is 92.0 cm³/mol. The van der Waals surface area contributed by atoms with Crippen LogP contribution in [0.25, 0.3) is 0 Å². The number of hydrogen-bond acceptors (Lipinski definition) is 6. The van der Waals surface area contributed by atoms with Crippen molar-refractivity contribution in [1.29, 1.82) is 0 Å². The van der Waals surface area contributed by atoms with Gasteiger partial charge in [0, 0.05) is 5.56 Å². The van der Waals surface area contributed by atoms with Gasteiger partial charge in [0.15, 0.2) is 23.0 Å². The van der Waals surface area contributed by atoms with Gasteiger partial charge in [-0.15, -0.1) is 0 Å². The molecule has 1 N–H and O–H groups in total. The van der Waals surface area contributed by atoms with Crippen LogP contribution in [-0.2, 0) is 0 Å². The number of rotatable bonds is 5. The summed E-state index contributed by atoms with van der Waals surface area (Å²) in [6.45, 7) is 1.06. The smallest absolute Gasteiger partial charge is 0.271 e. The summed E-state index contributed by atoms with van der Waals surface area (Å²) in [4.78, 5) is 12.2. The van der Waals surface area contributed by atoms with Crippen molar-refractivity contribution >= 4 is 12.1 Å². The van der Waals surface area contributed by atoms with Gasteiger partial charge in [-0.1, -0.05) is 0 Å². The summed E-state index contributed by atoms with van der Waals surface area (Å²) in [7, 11) is 3.05. The summed E-state index contributed by atoms with van der Waals surface area (Å²) in [5.74, 6) is 2.05. The SMILES string of the molecule is COc1ccc(C(=O)N/N=C\c2ccc3c(c2)OCCO3)cc1OC. The molecule has 0 unspecified atom stereocenters. The highest BCUT2D eigenvalue weighted by molar-refractivity contribution is 5.95. The molecule has 25 heavy (non-hydrogen) atoms. The first-order chi connectivity index (χ1) is 12.2. The molecule has 7 heteroatoms. The molecule has 1 heterocycles. The largest absolute Gasteiger partial charge is 0.493 e. The highest BCUT2D eigenvalue weighted by Gasteiger charge is 2.12. The standard InChI is InChI=1S/C18H18N2O5/c1-22-14-6-4-13(10-16(14)23-2)18(21)20-19-11-12-3-5-15-17(9-12)25-8-7-24-15/h3-6,9-11H,7-8H2,1-2H3,(H,20,21)/b19-11-. The fraction of sp³-hybridized carbons (Fsp3) is 0.222. The fourth-order valence-corrected chi connectivity index (χ4v) is 2.35. The molecule has 0 atom stereocenters. The number of amides is 1. The molecule has 0 aliphatic carbocycles. The number of nitrogens with one attached hydrogen (secondary N) is 1. The number of fused-ring (bicyclic) bond motifs is 1. The lowest BCUT2D eigenvalue weighted by molar-refractivity contribution is 0.0954. The number of carbonyl (C=O) groups excluding carboxylic acids is 1. The van der Waals surface area contributed by atoms with Gasteiger partial charge in [-0.2, -0.15) is 5.10 Å². The van der Waals surface area contributed by atoms with Gasteiger partial charge in [0.2, 0.25) is 0 Å². The molecule has 0 saturated carbocycles. The van der Waals surface area contributed by atoms with Crippen LogP contribution in [0.15, 0.2) is 41.5 Å². The van der Waals surface area contributed by atoms with E-state index in [0.717, 1.165) is 5.56 Å². The molecule has 0 saturated heterocycles. The molecule has 3 rings (SSSR count). The normalized spacial score (nSPS) is 12.7. The summed E-state index contributed by atoms with van der Waals surface area (Å²) in [6.07, 6.45) is 1.54. The molecule has 7 nitrogen and oxygen atoms in total. The second-order valence-corrected chi connectivity index (χ2v) is 5.17. The van der Waals surface area contributed by atoms with Crippen molar-refractivity contribution in [3.8, 4) is 23.0 Å². The minimum atomic E-state index is -0.352. The Morgan fingerprint density at radius 3 is 2.56 bits per heavy atom. The van der Waals surface area contributed by atoms with E-state index >= 15 is 0 Å². The number of nitrogens with zero attached hydrogens (tertiary/aromatic N) is 1. The molecule has 0 radical (unpaired) electrons. The minimum absolute atomic E-state index is 0.352. The third-order valence-corrected chi connectivity index (χ3v) is 3.59. The number of methoxy groups -OCH3 is 2. The second-order valence-electron chi connectivity index (χ2n) is 5.17. The topological polar surface area (TPSA) is 78.4 Å². The van der Waals surface area contributed by atoms with Gasteiger partial charge in [-0.05, 0) is 42.0 Å². The summed E-state index contributed by atoms with van der Waals surface area (Å²) in [5.41, 5.74) is 3.68. The first-order valence-corrected chi connectivity index (χ1v) is 7.66. The van der Waals surface area contributed by atoms with Crippen LogP contribution in [0, 0.1) is 0 Å². The van der Waals surface area contributed by atoms with Crippen LogP contribution in [0.3, 0.4) is 0 Å². The minimum Gasteiger partial charge on any atom is -0.493 e. The zero-order valence-electron chi connectivity index (χ0n) is 13.9. The lowest BCUT2D eigenvalue weighted by atomic mass is 10.2. The summed E-state index contributed by atoms with van der Waals surface area (Å²) >= 11 is 0. The number of benzene rings is 2. The average molecular weight is 342 g/mol. The van der Waals surface area contributed by atoms with Gasteiger partial charge in [0.1, 0.15) is 13.2 Å². The van der Waals surface area contributed by atoms with Crippen LogP contribution in [0.5, 0.6) is 23.0 Å². The van der Waals surface area contributed by atoms with Crippen molar-refractivity contribution in [2.24, 2.45) is 5.10 Å². The molecule has 2 aromatic carbocycles. The van der Waals surface area contributed by atoms with E-state index in [1.807, 2.05) is 12.1 Å². The monoisotopic (exact) mass is 342 g/mol. The van der Waals surface area contributed by atoms with Crippen molar-refractivity contribution in [1.82, 2.24) is 5.43 Å². The summed E-state index contributed by atoms with van der Waals surface area (Å²) in [6, 6.07) is 10.3. The molecule has 1 aliphatic rings. The van der Waals surface area contributed by atoms with E-state index in [1.165, 1.54) is 20.4 Å². The van der Waals surface area contributed by atoms with Crippen molar-refractivity contribution in [2.45, 2.75) is 0 Å². The third-order valence-electron chi connectivity index (χ3n) is 3.59. The van der Waals surface area contributed by atoms with Crippen molar-refractivity contribution in [2.75, 3.05) is 27.4 Å². The van der Waals surface area contributed by atoms with Crippen molar-refractivity contribution in [3.05, 3.63) is 47.5 Å². The predicted octanol–water partition coefficient (Wildman–Crippen LogP) is 2.24. The van der Waals surface area contributed by atoms with Crippen LogP contribution in [0.2, 0.25) is 0 Å². The van der Waals surface area contributed by atoms with Crippen LogP contribution in [-0.4, -0.2) is 39.6 Å². The lowest BCUT2D eigenvalue weighted by Gasteiger charge is -2.18. The van der Waals surface area contributed by atoms with Gasteiger partial charge in [-0.25, -0.2) is 5.43 Å². The van der Waals surface area contributed by atoms with Gasteiger partial charge < -0.3 is 18.9 Å². The Balaban J connectivity index is 1.66. The summed E-state index contributed by atoms with van der Waals surface area (Å²) in [5, 5.41) is 3.97. The Bertz CT molecular complexity index is 804. The van der Waals surface area contributed by atoms with E-state index in [1.54, 1.807) is 24.3 Å². The Labute approximate surface area is 145 Å². The quantitative estimate of drug-likeness (QED) is 0.666. The Hall–Kier alpha value is -3.22. The highest BCUT2D eigenvalue weighted by Crippen LogP contribution is 2.30. The maximum Gasteiger partial charge on any atom is 0.271 e. The molecule has 2 aromatic rings. The Morgan fingerprint density at radius 1 is 1.04 bits per heavy atom. The van der Waals surface area contributed by atoms with Crippen LogP contribution in [0.1, 0.15) is 15.9 Å². The molecular weight excluding hydrogens is 324 g/mol. The van der Waals surface area contributed by atoms with Gasteiger partial charge in [0.05, 0.1) is 20.4 Å². The number of ether oxygens (including phenoxy) is 4. The maximum absolute atomic E-state index is 12.2. The second kappa shape index (κ2) is 7.57. The van der Waals surface area contributed by atoms with Gasteiger partial charge in [-0.3, -0.25) is 4.79 Å². The highest BCUT2D eigenvalue weighted by atomic mass is 16.6. The molecule has 0 aromatic heterocycles. The number of hydrogen-bond donors (Lipinski definition) is 1. The van der Waals surface area contributed by atoms with Crippen molar-refractivity contribution < 1.29 is 23.7 Å². The van der Waals surface area contributed by atoms with E-state index in [0.29, 0.717) is 41.8 Å². The van der Waals surface area contributed by atoms with E-state index < -0.39 is 0 Å². The Kier molecular flexibility index (Phi) is 5.03. The van der Waals surface area contributed by atoms with E-state index in [-0.39, 0.29) is 5.91 Å². The molecule has 1 amide bonds. The fourth-order valence-electron chi connectivity index (χ4n) is 2.35. The number of hydrazone groups is 1. The van der Waals surface area contributed by atoms with E-state index in [2.05, 4.69) is 10.5 Å². The molecule has 0 bridgehead atoms. The lowest BCUT2D eigenvalue weighted by Crippen LogP contribution is -2.18. The molecule has 0 fully saturated rings. The first-order valence-electron chi connectivity index (χ1n) is 7.66. The molecular formula is C18H18N2O5. The summed E-state index contributed by atoms with van der Waals surface area (Å²) < 4.78 is 21.3. The molecule has 1 aliphatic heterocycles. The first kappa shape index (κ1) is 16.6. The van der Waals surface area contributed by atoms with Gasteiger partial charge >= 0.3 is 0 Å². The average Bonchev–Trinajstić information content (AvgIpc) is 2.67. The van der Waals surface area contributed by atoms with Gasteiger partial charge in [0.25, 0.3) is 5.91 Å². The Morgan fingerprint density at radius 2 is 1.80 bits per heavy atom. The van der Waals surface area contributed by atoms with E-state index in [4.69, 9.17) is 18.9 Å². The molecule has 130 valence electrons. The van der Waals surface area contributed by atoms with Crippen LogP contribution < -0.4 is 24.4 Å². The zero-order valence-corrected chi connectivity index (χ0v) is 13.9. The zero-order chi connectivity index (χ0) is 17.6. The van der Waals surface area contributed by atoms with Crippen LogP contribution >= 0.6 is 0 Å². The van der Waals surface area contributed by atoms with Crippen molar-refractivity contribution in [3.63, 3.8) is 0 Å². The third kappa shape index (κ3) is 3.82. The number of carbonyl (C=O) groups is 1. The molecule has 0 spiro atoms.